The summed E-state index contributed by atoms with van der Waals surface area (Å²) in [6, 6.07) is 0. The summed E-state index contributed by atoms with van der Waals surface area (Å²) in [6.07, 6.45) is 4.91. The number of ether oxygens (including phenoxy) is 1. The van der Waals surface area contributed by atoms with Crippen LogP contribution >= 0.6 is 11.3 Å². The maximum absolute atomic E-state index is 14.0. The zero-order chi connectivity index (χ0) is 24.1. The van der Waals surface area contributed by atoms with Crippen LogP contribution in [-0.4, -0.2) is 35.5 Å². The number of piperidine rings is 1. The number of anilines is 1. The number of carbonyl (C=O) groups is 1. The van der Waals surface area contributed by atoms with Gasteiger partial charge >= 0.3 is 5.97 Å². The molecule has 1 aromatic carbocycles. The van der Waals surface area contributed by atoms with Crippen molar-refractivity contribution >= 4 is 23.1 Å². The number of carbonyl (C=O) groups excluding carboxylic acids is 1. The molecule has 2 aromatic rings. The summed E-state index contributed by atoms with van der Waals surface area (Å²) in [5.41, 5.74) is 0. The van der Waals surface area contributed by atoms with Gasteiger partial charge in [-0.05, 0) is 31.7 Å². The zero-order valence-corrected chi connectivity index (χ0v) is 19.3. The van der Waals surface area contributed by atoms with Crippen molar-refractivity contribution < 1.29 is 31.5 Å². The molecule has 1 aromatic heterocycles. The molecular formula is C22H26F5N3O2S. The van der Waals surface area contributed by atoms with Crippen molar-refractivity contribution in [1.82, 2.24) is 9.88 Å². The maximum atomic E-state index is 14.0. The molecule has 0 saturated carbocycles. The average molecular weight is 492 g/mol. The molecule has 3 rings (SSSR count). The van der Waals surface area contributed by atoms with Crippen molar-refractivity contribution in [2.75, 3.05) is 25.0 Å². The van der Waals surface area contributed by atoms with Gasteiger partial charge in [-0.2, -0.15) is 8.78 Å². The van der Waals surface area contributed by atoms with Crippen LogP contribution in [-0.2, 0) is 6.54 Å². The monoisotopic (exact) mass is 491 g/mol. The maximum Gasteiger partial charge on any atom is 0.357 e. The second-order valence-electron chi connectivity index (χ2n) is 8.19. The van der Waals surface area contributed by atoms with Gasteiger partial charge < -0.3 is 10.1 Å². The van der Waals surface area contributed by atoms with Gasteiger partial charge in [-0.1, -0.05) is 26.7 Å². The van der Waals surface area contributed by atoms with Gasteiger partial charge in [0.2, 0.25) is 34.8 Å². The van der Waals surface area contributed by atoms with Crippen LogP contribution in [0.25, 0.3) is 0 Å². The van der Waals surface area contributed by atoms with E-state index in [9.17, 15) is 26.7 Å². The van der Waals surface area contributed by atoms with Gasteiger partial charge in [0.25, 0.3) is 0 Å². The van der Waals surface area contributed by atoms with E-state index in [2.05, 4.69) is 26.9 Å². The molecule has 33 heavy (non-hydrogen) atoms. The quantitative estimate of drug-likeness (QED) is 0.118. The molecule has 1 N–H and O–H groups in total. The predicted molar refractivity (Wildman–Crippen MR) is 115 cm³/mol. The van der Waals surface area contributed by atoms with Crippen molar-refractivity contribution in [3.8, 4) is 5.75 Å². The highest BCUT2D eigenvalue weighted by Gasteiger charge is 2.30. The fourth-order valence-corrected chi connectivity index (χ4v) is 4.67. The van der Waals surface area contributed by atoms with Crippen molar-refractivity contribution in [1.29, 1.82) is 0 Å². The minimum Gasteiger partial charge on any atom is -0.416 e. The minimum absolute atomic E-state index is 0.0875. The molecule has 0 spiro atoms. The van der Waals surface area contributed by atoms with Crippen LogP contribution in [0.15, 0.2) is 0 Å². The summed E-state index contributed by atoms with van der Waals surface area (Å²) in [7, 11) is 0. The zero-order valence-electron chi connectivity index (χ0n) is 18.5. The number of nitrogens with zero attached hydrogens (tertiary/aromatic N) is 2. The third kappa shape index (κ3) is 6.00. The number of esters is 1. The molecule has 0 bridgehead atoms. The molecule has 0 amide bonds. The third-order valence-corrected chi connectivity index (χ3v) is 6.41. The van der Waals surface area contributed by atoms with Crippen molar-refractivity contribution in [3.05, 3.63) is 39.0 Å². The molecule has 0 aliphatic carbocycles. The van der Waals surface area contributed by atoms with E-state index in [0.29, 0.717) is 24.0 Å². The Balaban J connectivity index is 1.85. The van der Waals surface area contributed by atoms with Gasteiger partial charge in [0.15, 0.2) is 10.7 Å². The second-order valence-corrected chi connectivity index (χ2v) is 9.27. The fraction of sp³-hybridized carbons (Fsp3) is 0.545. The topological polar surface area (TPSA) is 54.5 Å². The number of unbranched alkanes of at least 4 members (excludes halogenated alkanes) is 2. The Kier molecular flexibility index (Phi) is 8.63. The van der Waals surface area contributed by atoms with Crippen LogP contribution < -0.4 is 10.1 Å². The SMILES string of the molecule is CCCCCNc1nc(CN2CCCC(C)C2)sc1C(=O)Oc1c(F)c(F)c(F)c(F)c1F. The van der Waals surface area contributed by atoms with Crippen LogP contribution in [0.3, 0.4) is 0 Å². The van der Waals surface area contributed by atoms with Crippen molar-refractivity contribution in [2.24, 2.45) is 5.92 Å². The normalized spacial score (nSPS) is 16.8. The van der Waals surface area contributed by atoms with Crippen molar-refractivity contribution in [3.63, 3.8) is 0 Å². The molecular weight excluding hydrogens is 465 g/mol. The van der Waals surface area contributed by atoms with Gasteiger partial charge in [-0.25, -0.2) is 22.9 Å². The Morgan fingerprint density at radius 3 is 2.42 bits per heavy atom. The highest BCUT2D eigenvalue weighted by atomic mass is 32.1. The largest absolute Gasteiger partial charge is 0.416 e. The van der Waals surface area contributed by atoms with Crippen LogP contribution in [0.5, 0.6) is 5.75 Å². The standard InChI is InChI=1S/C22H26F5N3O2S/c1-3-4-5-8-28-21-20(33-13(29-21)11-30-9-6-7-12(2)10-30)22(31)32-19-17(26)15(24)14(23)16(25)18(19)27/h12,28H,3-11H2,1-2H3. The first-order chi connectivity index (χ1) is 15.7. The lowest BCUT2D eigenvalue weighted by Crippen LogP contribution is -2.33. The molecule has 1 aliphatic heterocycles. The predicted octanol–water partition coefficient (Wildman–Crippen LogP) is 5.89. The highest BCUT2D eigenvalue weighted by molar-refractivity contribution is 7.14. The molecule has 0 radical (unpaired) electrons. The fourth-order valence-electron chi connectivity index (χ4n) is 3.71. The van der Waals surface area contributed by atoms with Gasteiger partial charge in [0, 0.05) is 13.1 Å². The van der Waals surface area contributed by atoms with Crippen LogP contribution in [0, 0.1) is 35.0 Å². The summed E-state index contributed by atoms with van der Waals surface area (Å²) in [5, 5.41) is 3.62. The molecule has 1 saturated heterocycles. The Hall–Kier alpha value is -2.27. The van der Waals surface area contributed by atoms with Gasteiger partial charge in [-0.3, -0.25) is 4.90 Å². The number of likely N-dealkylation sites (tertiary alicyclic amines) is 1. The van der Waals surface area contributed by atoms with E-state index in [1.807, 2.05) is 6.92 Å². The third-order valence-electron chi connectivity index (χ3n) is 5.39. The van der Waals surface area contributed by atoms with E-state index in [-0.39, 0.29) is 10.7 Å². The molecule has 2 heterocycles. The number of hydrogen-bond donors (Lipinski definition) is 1. The Morgan fingerprint density at radius 1 is 1.12 bits per heavy atom. The van der Waals surface area contributed by atoms with E-state index in [4.69, 9.17) is 0 Å². The lowest BCUT2D eigenvalue weighted by Gasteiger charge is -2.29. The van der Waals surface area contributed by atoms with Gasteiger partial charge in [0.05, 0.1) is 6.54 Å². The first-order valence-electron chi connectivity index (χ1n) is 10.9. The number of hydrogen-bond acceptors (Lipinski definition) is 6. The summed E-state index contributed by atoms with van der Waals surface area (Å²) in [6.45, 7) is 6.93. The Morgan fingerprint density at radius 2 is 1.79 bits per heavy atom. The number of halogens is 5. The summed E-state index contributed by atoms with van der Waals surface area (Å²) in [5.74, 6) is -13.3. The minimum atomic E-state index is -2.32. The first kappa shape index (κ1) is 25.4. The van der Waals surface area contributed by atoms with E-state index >= 15 is 0 Å². The smallest absolute Gasteiger partial charge is 0.357 e. The molecule has 1 aliphatic rings. The van der Waals surface area contributed by atoms with Crippen LogP contribution in [0.1, 0.15) is 60.6 Å². The Bertz CT molecular complexity index is 972. The highest BCUT2D eigenvalue weighted by Crippen LogP contribution is 2.32. The summed E-state index contributed by atoms with van der Waals surface area (Å²) >= 11 is 0.972. The summed E-state index contributed by atoms with van der Waals surface area (Å²) < 4.78 is 72.9. The van der Waals surface area contributed by atoms with E-state index in [0.717, 1.165) is 56.5 Å². The molecule has 11 heteroatoms. The number of benzene rings is 1. The van der Waals surface area contributed by atoms with E-state index in [1.165, 1.54) is 0 Å². The molecule has 5 nitrogen and oxygen atoms in total. The lowest BCUT2D eigenvalue weighted by atomic mass is 10.0. The van der Waals surface area contributed by atoms with Gasteiger partial charge in [0.1, 0.15) is 5.01 Å². The molecule has 182 valence electrons. The number of rotatable bonds is 9. The number of aromatic nitrogens is 1. The number of thiazole rings is 1. The summed E-state index contributed by atoms with van der Waals surface area (Å²) in [4.78, 5) is 19.3. The first-order valence-corrected chi connectivity index (χ1v) is 11.7. The van der Waals surface area contributed by atoms with Crippen LogP contribution in [0.2, 0.25) is 0 Å². The van der Waals surface area contributed by atoms with Crippen molar-refractivity contribution in [2.45, 2.75) is 52.5 Å². The molecule has 1 atom stereocenters. The van der Waals surface area contributed by atoms with E-state index < -0.39 is 40.8 Å². The van der Waals surface area contributed by atoms with Crippen LogP contribution in [0.4, 0.5) is 27.8 Å². The lowest BCUT2D eigenvalue weighted by molar-refractivity contribution is 0.0721. The van der Waals surface area contributed by atoms with Gasteiger partial charge in [-0.15, -0.1) is 11.3 Å². The molecule has 1 unspecified atom stereocenters. The average Bonchev–Trinajstić information content (AvgIpc) is 3.19. The molecule has 1 fully saturated rings. The Labute approximate surface area is 192 Å². The number of nitrogens with one attached hydrogen (secondary N) is 1. The van der Waals surface area contributed by atoms with E-state index in [1.54, 1.807) is 0 Å². The second kappa shape index (κ2) is 11.2.